The molecule has 5 nitrogen and oxygen atoms in total. The Kier molecular flexibility index (Phi) is 3.25. The van der Waals surface area contributed by atoms with Crippen molar-refractivity contribution in [3.8, 4) is 0 Å². The van der Waals surface area contributed by atoms with Crippen LogP contribution in [0.25, 0.3) is 10.9 Å². The lowest BCUT2D eigenvalue weighted by Gasteiger charge is -2.07. The first kappa shape index (κ1) is 13.4. The third-order valence-corrected chi connectivity index (χ3v) is 3.92. The second-order valence-corrected chi connectivity index (χ2v) is 5.20. The number of amides is 1. The van der Waals surface area contributed by atoms with E-state index in [0.29, 0.717) is 12.1 Å². The van der Waals surface area contributed by atoms with Gasteiger partial charge >= 0.3 is 0 Å². The topological polar surface area (TPSA) is 62.7 Å². The molecule has 5 heteroatoms. The van der Waals surface area contributed by atoms with Crippen molar-refractivity contribution in [2.45, 2.75) is 20.4 Å². The second kappa shape index (κ2) is 5.09. The van der Waals surface area contributed by atoms with Crippen LogP contribution in [0.15, 0.2) is 30.5 Å². The van der Waals surface area contributed by atoms with Crippen LogP contribution in [0.1, 0.15) is 27.3 Å². The van der Waals surface area contributed by atoms with Crippen molar-refractivity contribution in [3.05, 3.63) is 53.0 Å². The van der Waals surface area contributed by atoms with Gasteiger partial charge in [0.1, 0.15) is 0 Å². The van der Waals surface area contributed by atoms with Crippen LogP contribution in [0.4, 0.5) is 0 Å². The van der Waals surface area contributed by atoms with Gasteiger partial charge in [-0.1, -0.05) is 6.07 Å². The summed E-state index contributed by atoms with van der Waals surface area (Å²) in [6, 6.07) is 7.61. The Labute approximate surface area is 123 Å². The molecule has 1 aromatic carbocycles. The number of fused-ring (bicyclic) bond motifs is 1. The third-order valence-electron chi connectivity index (χ3n) is 3.92. The molecular formula is C16H18N4O. The van der Waals surface area contributed by atoms with Crippen molar-refractivity contribution in [1.82, 2.24) is 20.1 Å². The van der Waals surface area contributed by atoms with E-state index >= 15 is 0 Å². The number of aromatic amines is 1. The summed E-state index contributed by atoms with van der Waals surface area (Å²) < 4.78 is 1.84. The Morgan fingerprint density at radius 3 is 2.86 bits per heavy atom. The van der Waals surface area contributed by atoms with Crippen LogP contribution in [0, 0.1) is 13.8 Å². The maximum atomic E-state index is 12.4. The van der Waals surface area contributed by atoms with E-state index in [0.717, 1.165) is 27.9 Å². The van der Waals surface area contributed by atoms with Gasteiger partial charge in [-0.3, -0.25) is 9.48 Å². The molecule has 3 rings (SSSR count). The second-order valence-electron chi connectivity index (χ2n) is 5.20. The maximum Gasteiger partial charge on any atom is 0.252 e. The molecule has 2 heterocycles. The van der Waals surface area contributed by atoms with Crippen LogP contribution < -0.4 is 5.32 Å². The first-order valence-corrected chi connectivity index (χ1v) is 6.91. The van der Waals surface area contributed by atoms with E-state index in [1.54, 1.807) is 0 Å². The van der Waals surface area contributed by atoms with Crippen LogP contribution in [0.3, 0.4) is 0 Å². The predicted octanol–water partition coefficient (Wildman–Crippen LogP) is 2.45. The fraction of sp³-hybridized carbons (Fsp3) is 0.250. The van der Waals surface area contributed by atoms with Crippen molar-refractivity contribution < 1.29 is 4.79 Å². The number of carbonyl (C=O) groups excluding carboxylic acids is 1. The number of benzene rings is 1. The van der Waals surface area contributed by atoms with Gasteiger partial charge in [0, 0.05) is 47.5 Å². The first-order chi connectivity index (χ1) is 10.1. The molecule has 1 amide bonds. The summed E-state index contributed by atoms with van der Waals surface area (Å²) in [5.74, 6) is -0.0668. The van der Waals surface area contributed by atoms with Gasteiger partial charge in [0.25, 0.3) is 5.91 Å². The van der Waals surface area contributed by atoms with Crippen molar-refractivity contribution >= 4 is 16.8 Å². The van der Waals surface area contributed by atoms with Crippen LogP contribution >= 0.6 is 0 Å². The molecule has 0 aliphatic heterocycles. The molecule has 0 unspecified atom stereocenters. The summed E-state index contributed by atoms with van der Waals surface area (Å²) in [5.41, 5.74) is 4.76. The SMILES string of the molecule is Cc1nn(C)c(C)c1CNC(=O)c1cccc2[nH]ccc12. The third kappa shape index (κ3) is 2.31. The van der Waals surface area contributed by atoms with E-state index in [2.05, 4.69) is 15.4 Å². The number of aryl methyl sites for hydroxylation is 2. The van der Waals surface area contributed by atoms with Crippen LogP contribution in [0.5, 0.6) is 0 Å². The Hall–Kier alpha value is -2.56. The highest BCUT2D eigenvalue weighted by Gasteiger charge is 2.13. The molecule has 0 saturated heterocycles. The van der Waals surface area contributed by atoms with Gasteiger partial charge < -0.3 is 10.3 Å². The largest absolute Gasteiger partial charge is 0.361 e. The lowest BCUT2D eigenvalue weighted by Crippen LogP contribution is -2.23. The summed E-state index contributed by atoms with van der Waals surface area (Å²) in [6.45, 7) is 4.46. The van der Waals surface area contributed by atoms with E-state index in [9.17, 15) is 4.79 Å². The number of hydrogen-bond acceptors (Lipinski definition) is 2. The highest BCUT2D eigenvalue weighted by atomic mass is 16.1. The molecular weight excluding hydrogens is 264 g/mol. The molecule has 0 bridgehead atoms. The van der Waals surface area contributed by atoms with Gasteiger partial charge in [0.2, 0.25) is 0 Å². The number of rotatable bonds is 3. The highest BCUT2D eigenvalue weighted by Crippen LogP contribution is 2.18. The number of aromatic nitrogens is 3. The number of H-pyrrole nitrogens is 1. The minimum Gasteiger partial charge on any atom is -0.361 e. The number of nitrogens with zero attached hydrogens (tertiary/aromatic N) is 2. The minimum atomic E-state index is -0.0668. The van der Waals surface area contributed by atoms with Crippen molar-refractivity contribution in [2.24, 2.45) is 7.05 Å². The monoisotopic (exact) mass is 282 g/mol. The number of carbonyl (C=O) groups is 1. The average molecular weight is 282 g/mol. The molecule has 0 radical (unpaired) electrons. The summed E-state index contributed by atoms with van der Waals surface area (Å²) >= 11 is 0. The molecule has 0 atom stereocenters. The van der Waals surface area contributed by atoms with E-state index in [4.69, 9.17) is 0 Å². The fourth-order valence-corrected chi connectivity index (χ4v) is 2.62. The normalized spacial score (nSPS) is 11.0. The Bertz CT molecular complexity index is 813. The van der Waals surface area contributed by atoms with Gasteiger partial charge in [-0.15, -0.1) is 0 Å². The molecule has 0 saturated carbocycles. The molecule has 108 valence electrons. The Morgan fingerprint density at radius 2 is 2.14 bits per heavy atom. The summed E-state index contributed by atoms with van der Waals surface area (Å²) in [4.78, 5) is 15.5. The van der Waals surface area contributed by atoms with E-state index < -0.39 is 0 Å². The molecule has 0 spiro atoms. The average Bonchev–Trinajstić information content (AvgIpc) is 3.02. The van der Waals surface area contributed by atoms with Crippen LogP contribution in [0.2, 0.25) is 0 Å². The van der Waals surface area contributed by atoms with Crippen LogP contribution in [-0.2, 0) is 13.6 Å². The quantitative estimate of drug-likeness (QED) is 0.775. The standard InChI is InChI=1S/C16H18N4O/c1-10-14(11(2)20(3)19-10)9-18-16(21)13-5-4-6-15-12(13)7-8-17-15/h4-8,17H,9H2,1-3H3,(H,18,21). The van der Waals surface area contributed by atoms with Crippen molar-refractivity contribution in [3.63, 3.8) is 0 Å². The molecule has 0 aliphatic rings. The molecule has 21 heavy (non-hydrogen) atoms. The molecule has 2 N–H and O–H groups in total. The zero-order chi connectivity index (χ0) is 15.0. The van der Waals surface area contributed by atoms with E-state index in [1.807, 2.05) is 56.0 Å². The Morgan fingerprint density at radius 1 is 1.33 bits per heavy atom. The van der Waals surface area contributed by atoms with Gasteiger partial charge in [0.15, 0.2) is 0 Å². The van der Waals surface area contributed by atoms with Crippen molar-refractivity contribution in [2.75, 3.05) is 0 Å². The summed E-state index contributed by atoms with van der Waals surface area (Å²) in [5, 5.41) is 8.29. The zero-order valence-electron chi connectivity index (χ0n) is 12.4. The fourth-order valence-electron chi connectivity index (χ4n) is 2.62. The van der Waals surface area contributed by atoms with E-state index in [-0.39, 0.29) is 5.91 Å². The highest BCUT2D eigenvalue weighted by molar-refractivity contribution is 6.06. The summed E-state index contributed by atoms with van der Waals surface area (Å²) in [7, 11) is 1.91. The van der Waals surface area contributed by atoms with Gasteiger partial charge in [-0.2, -0.15) is 5.10 Å². The molecule has 2 aromatic heterocycles. The van der Waals surface area contributed by atoms with E-state index in [1.165, 1.54) is 0 Å². The number of hydrogen-bond donors (Lipinski definition) is 2. The molecule has 0 aliphatic carbocycles. The number of nitrogens with one attached hydrogen (secondary N) is 2. The first-order valence-electron chi connectivity index (χ1n) is 6.91. The lowest BCUT2D eigenvalue weighted by atomic mass is 10.1. The zero-order valence-corrected chi connectivity index (χ0v) is 12.4. The van der Waals surface area contributed by atoms with Gasteiger partial charge in [0.05, 0.1) is 5.69 Å². The van der Waals surface area contributed by atoms with Crippen molar-refractivity contribution in [1.29, 1.82) is 0 Å². The summed E-state index contributed by atoms with van der Waals surface area (Å²) in [6.07, 6.45) is 1.84. The van der Waals surface area contributed by atoms with Gasteiger partial charge in [-0.05, 0) is 32.0 Å². The maximum absolute atomic E-state index is 12.4. The Balaban J connectivity index is 1.82. The lowest BCUT2D eigenvalue weighted by molar-refractivity contribution is 0.0952. The minimum absolute atomic E-state index is 0.0668. The van der Waals surface area contributed by atoms with Gasteiger partial charge in [-0.25, -0.2) is 0 Å². The molecule has 3 aromatic rings. The van der Waals surface area contributed by atoms with Crippen LogP contribution in [-0.4, -0.2) is 20.7 Å². The molecule has 0 fully saturated rings. The predicted molar refractivity (Wildman–Crippen MR) is 82.2 cm³/mol. The smallest absolute Gasteiger partial charge is 0.252 e.